The Labute approximate surface area is 82.2 Å². The van der Waals surface area contributed by atoms with Crippen LogP contribution in [0, 0.1) is 0 Å². The second-order valence-electron chi connectivity index (χ2n) is 1.13. The molecule has 0 spiro atoms. The molecule has 8 heteroatoms. The first kappa shape index (κ1) is 22.6. The van der Waals surface area contributed by atoms with Crippen molar-refractivity contribution in [1.82, 2.24) is 0 Å². The Morgan fingerprint density at radius 1 is 0.929 bits per heavy atom. The fourth-order valence-corrected chi connectivity index (χ4v) is 0.0816. The molecule has 0 radical (unpaired) electrons. The Balaban J connectivity index is -0.0000000495. The van der Waals surface area contributed by atoms with E-state index in [0.29, 0.717) is 0 Å². The van der Waals surface area contributed by atoms with Crippen molar-refractivity contribution in [1.29, 1.82) is 0 Å². The average Bonchev–Trinajstić information content (AvgIpc) is 2.09. The summed E-state index contributed by atoms with van der Waals surface area (Å²) in [5.74, 6) is 0. The fourth-order valence-electron chi connectivity index (χ4n) is 0.0816. The van der Waals surface area contributed by atoms with Crippen LogP contribution in [0.3, 0.4) is 0 Å². The van der Waals surface area contributed by atoms with Crippen LogP contribution in [0.4, 0.5) is 0 Å². The molecule has 0 heterocycles. The number of nitrogens with zero attached hydrogens (tertiary/aromatic N) is 4. The smallest absolute Gasteiger partial charge is 0.0433 e. The molecule has 0 fully saturated rings. The highest BCUT2D eigenvalue weighted by Crippen LogP contribution is 1.60. The van der Waals surface area contributed by atoms with E-state index in [1.165, 1.54) is 6.21 Å². The summed E-state index contributed by atoms with van der Waals surface area (Å²) < 4.78 is 0. The summed E-state index contributed by atoms with van der Waals surface area (Å²) in [4.78, 5) is 0. The minimum atomic E-state index is 0.802. The lowest BCUT2D eigenvalue weighted by Crippen LogP contribution is -1.61. The highest BCUT2D eigenvalue weighted by atomic mass is 16.4. The third kappa shape index (κ3) is 54100. The van der Waals surface area contributed by atoms with Gasteiger partial charge in [-0.15, -0.1) is 20.6 Å². The van der Waals surface area contributed by atoms with Crippen LogP contribution in [0.25, 0.3) is 0 Å². The third-order valence-corrected chi connectivity index (χ3v) is 0.264. The second kappa shape index (κ2) is 70.5. The summed E-state index contributed by atoms with van der Waals surface area (Å²) in [5.41, 5.74) is 0. The molecule has 0 saturated heterocycles. The molecule has 0 amide bonds. The van der Waals surface area contributed by atoms with Gasteiger partial charge >= 0.3 is 0 Å². The van der Waals surface area contributed by atoms with Crippen molar-refractivity contribution >= 4 is 26.4 Å². The van der Waals surface area contributed by atoms with Crippen LogP contribution in [-0.4, -0.2) is 47.2 Å². The van der Waals surface area contributed by atoms with E-state index in [0.717, 1.165) is 6.42 Å². The van der Waals surface area contributed by atoms with Crippen LogP contribution in [0.1, 0.15) is 13.3 Å². The molecular formula is C6H16N4O4. The molecule has 0 aromatic rings. The van der Waals surface area contributed by atoms with E-state index >= 15 is 0 Å². The minimum absolute atomic E-state index is 0.802. The molecule has 84 valence electrons. The van der Waals surface area contributed by atoms with Crippen LogP contribution in [-0.2, 0) is 0 Å². The average molecular weight is 208 g/mol. The topological polar surface area (TPSA) is 130 Å². The van der Waals surface area contributed by atoms with Gasteiger partial charge in [-0.1, -0.05) is 6.92 Å². The highest BCUT2D eigenvalue weighted by molar-refractivity contribution is 5.55. The van der Waals surface area contributed by atoms with E-state index < -0.39 is 0 Å². The second-order valence-corrected chi connectivity index (χ2v) is 1.13. The van der Waals surface area contributed by atoms with Gasteiger partial charge in [0, 0.05) is 26.4 Å². The zero-order valence-corrected chi connectivity index (χ0v) is 7.98. The number of oxime groups is 4. The summed E-state index contributed by atoms with van der Waals surface area (Å²) >= 11 is 0. The SMILES string of the molecule is C=NO.C=NO.C=NO.CCC=NO. The van der Waals surface area contributed by atoms with Crippen molar-refractivity contribution in [2.75, 3.05) is 0 Å². The summed E-state index contributed by atoms with van der Waals surface area (Å²) in [6, 6.07) is 0. The first-order valence-electron chi connectivity index (χ1n) is 3.12. The lowest BCUT2D eigenvalue weighted by molar-refractivity contribution is 0.320. The summed E-state index contributed by atoms with van der Waals surface area (Å²) in [6.07, 6.45) is 2.23. The highest BCUT2D eigenvalue weighted by Gasteiger charge is 1.55. The van der Waals surface area contributed by atoms with Gasteiger partial charge in [-0.25, -0.2) is 0 Å². The molecule has 0 atom stereocenters. The van der Waals surface area contributed by atoms with E-state index in [1.807, 2.05) is 6.92 Å². The zero-order valence-electron chi connectivity index (χ0n) is 7.98. The molecule has 0 aromatic carbocycles. The molecular weight excluding hydrogens is 192 g/mol. The summed E-state index contributed by atoms with van der Waals surface area (Å²) in [5, 5.41) is 38.4. The molecule has 0 aliphatic rings. The Kier molecular flexibility index (Phi) is 114. The molecule has 14 heavy (non-hydrogen) atoms. The summed E-state index contributed by atoms with van der Waals surface area (Å²) in [7, 11) is 0. The van der Waals surface area contributed by atoms with Crippen LogP contribution in [0.5, 0.6) is 0 Å². The van der Waals surface area contributed by atoms with Gasteiger partial charge in [0.2, 0.25) is 0 Å². The van der Waals surface area contributed by atoms with Crippen LogP contribution < -0.4 is 0 Å². The van der Waals surface area contributed by atoms with Crippen molar-refractivity contribution in [2.24, 2.45) is 20.6 Å². The predicted molar refractivity (Wildman–Crippen MR) is 54.6 cm³/mol. The van der Waals surface area contributed by atoms with Crippen molar-refractivity contribution < 1.29 is 20.8 Å². The predicted octanol–water partition coefficient (Wildman–Crippen LogP) is 1.08. The van der Waals surface area contributed by atoms with Gasteiger partial charge in [0.15, 0.2) is 0 Å². The van der Waals surface area contributed by atoms with Crippen LogP contribution in [0.15, 0.2) is 20.6 Å². The van der Waals surface area contributed by atoms with E-state index in [4.69, 9.17) is 20.8 Å². The lowest BCUT2D eigenvalue weighted by atomic mass is 10.6. The van der Waals surface area contributed by atoms with Gasteiger partial charge in [-0.05, 0) is 6.42 Å². The third-order valence-electron chi connectivity index (χ3n) is 0.264. The van der Waals surface area contributed by atoms with Gasteiger partial charge in [-0.2, -0.15) is 0 Å². The van der Waals surface area contributed by atoms with Gasteiger partial charge in [-0.3, -0.25) is 0 Å². The van der Waals surface area contributed by atoms with Crippen LogP contribution in [0.2, 0.25) is 0 Å². The molecule has 0 aromatic heterocycles. The number of hydrogen-bond acceptors (Lipinski definition) is 8. The quantitative estimate of drug-likeness (QED) is 0.292. The molecule has 0 aliphatic heterocycles. The normalized spacial score (nSPS) is 6.07. The van der Waals surface area contributed by atoms with Crippen molar-refractivity contribution in [3.8, 4) is 0 Å². The Morgan fingerprint density at radius 3 is 1.14 bits per heavy atom. The molecule has 0 bridgehead atoms. The standard InChI is InChI=1S/C3H7NO.3CH3NO/c1-2-3-4-5;3*1-2-3/h3,5H,2H2,1H3;3*3H,1H2. The van der Waals surface area contributed by atoms with Gasteiger partial charge in [0.25, 0.3) is 0 Å². The molecule has 0 rings (SSSR count). The molecule has 0 aliphatic carbocycles. The van der Waals surface area contributed by atoms with E-state index in [9.17, 15) is 0 Å². The van der Waals surface area contributed by atoms with Gasteiger partial charge in [0.1, 0.15) is 0 Å². The maximum atomic E-state index is 7.64. The number of rotatable bonds is 1. The van der Waals surface area contributed by atoms with Crippen molar-refractivity contribution in [3.63, 3.8) is 0 Å². The van der Waals surface area contributed by atoms with Crippen molar-refractivity contribution in [2.45, 2.75) is 13.3 Å². The fraction of sp³-hybridized carbons (Fsp3) is 0.333. The Morgan fingerprint density at radius 2 is 1.14 bits per heavy atom. The monoisotopic (exact) mass is 208 g/mol. The lowest BCUT2D eigenvalue weighted by Gasteiger charge is -1.64. The van der Waals surface area contributed by atoms with E-state index in [2.05, 4.69) is 40.8 Å². The summed E-state index contributed by atoms with van der Waals surface area (Å²) in [6.45, 7) is 9.90. The molecule has 4 N–H and O–H groups in total. The van der Waals surface area contributed by atoms with E-state index in [1.54, 1.807) is 0 Å². The molecule has 8 nitrogen and oxygen atoms in total. The first-order valence-corrected chi connectivity index (χ1v) is 3.12. The van der Waals surface area contributed by atoms with Crippen molar-refractivity contribution in [3.05, 3.63) is 0 Å². The largest absolute Gasteiger partial charge is 0.411 e. The van der Waals surface area contributed by atoms with Gasteiger partial charge in [0.05, 0.1) is 0 Å². The zero-order chi connectivity index (χ0) is 12.2. The Bertz CT molecular complexity index is 115. The minimum Gasteiger partial charge on any atom is -0.411 e. The maximum Gasteiger partial charge on any atom is 0.0433 e. The van der Waals surface area contributed by atoms with Gasteiger partial charge < -0.3 is 20.8 Å². The number of hydrogen-bond donors (Lipinski definition) is 4. The molecule has 0 unspecified atom stereocenters. The molecule has 0 saturated carbocycles. The van der Waals surface area contributed by atoms with Crippen LogP contribution >= 0.6 is 0 Å². The maximum absolute atomic E-state index is 7.64. The van der Waals surface area contributed by atoms with E-state index in [-0.39, 0.29) is 0 Å². The first-order chi connectivity index (χ1) is 6.66. The Hall–Kier alpha value is -2.12.